The number of unbranched alkanes of at least 4 members (excludes halogenated alkanes) is 2. The smallest absolute Gasteiger partial charge is 0.00162 e. The molecule has 1 atom stereocenters. The van der Waals surface area contributed by atoms with Crippen molar-refractivity contribution < 1.29 is 0 Å². The zero-order valence-corrected chi connectivity index (χ0v) is 11.3. The van der Waals surface area contributed by atoms with Crippen molar-refractivity contribution in [3.05, 3.63) is 0 Å². The van der Waals surface area contributed by atoms with Crippen molar-refractivity contribution in [2.75, 3.05) is 32.7 Å². The summed E-state index contributed by atoms with van der Waals surface area (Å²) in [6.45, 7) is 10.9. The molecule has 0 radical (unpaired) electrons. The van der Waals surface area contributed by atoms with Gasteiger partial charge in [0, 0.05) is 0 Å². The third-order valence-electron chi connectivity index (χ3n) is 3.69. The quantitative estimate of drug-likeness (QED) is 0.672. The predicted octanol–water partition coefficient (Wildman–Crippen LogP) is 2.89. The molecule has 0 aromatic rings. The van der Waals surface area contributed by atoms with E-state index in [4.69, 9.17) is 0 Å². The van der Waals surface area contributed by atoms with E-state index >= 15 is 0 Å². The van der Waals surface area contributed by atoms with Gasteiger partial charge in [0.1, 0.15) is 0 Å². The van der Waals surface area contributed by atoms with E-state index in [0.717, 1.165) is 12.5 Å². The molecule has 0 spiro atoms. The van der Waals surface area contributed by atoms with Crippen LogP contribution in [-0.2, 0) is 0 Å². The van der Waals surface area contributed by atoms with Gasteiger partial charge < -0.3 is 10.2 Å². The van der Waals surface area contributed by atoms with Gasteiger partial charge in [-0.25, -0.2) is 0 Å². The van der Waals surface area contributed by atoms with Crippen LogP contribution in [-0.4, -0.2) is 37.6 Å². The Morgan fingerprint density at radius 3 is 2.81 bits per heavy atom. The Kier molecular flexibility index (Phi) is 7.87. The lowest BCUT2D eigenvalue weighted by molar-refractivity contribution is 0.275. The zero-order chi connectivity index (χ0) is 11.6. The van der Waals surface area contributed by atoms with Crippen LogP contribution in [0.2, 0.25) is 0 Å². The molecule has 1 aliphatic rings. The Labute approximate surface area is 102 Å². The highest BCUT2D eigenvalue weighted by atomic mass is 15.1. The second-order valence-electron chi connectivity index (χ2n) is 5.29. The van der Waals surface area contributed by atoms with Crippen LogP contribution in [0, 0.1) is 5.92 Å². The van der Waals surface area contributed by atoms with E-state index in [2.05, 4.69) is 24.1 Å². The van der Waals surface area contributed by atoms with Gasteiger partial charge in [-0.2, -0.15) is 0 Å². The highest BCUT2D eigenvalue weighted by Gasteiger charge is 2.12. The molecule has 0 aromatic heterocycles. The minimum absolute atomic E-state index is 0.957. The number of rotatable bonds is 7. The molecule has 0 saturated carbocycles. The third kappa shape index (κ3) is 6.49. The van der Waals surface area contributed by atoms with Crippen molar-refractivity contribution in [2.24, 2.45) is 5.92 Å². The van der Waals surface area contributed by atoms with E-state index in [1.54, 1.807) is 0 Å². The summed E-state index contributed by atoms with van der Waals surface area (Å²) in [5, 5.41) is 3.39. The molecular formula is C14H30N2. The lowest BCUT2D eigenvalue weighted by Gasteiger charge is -2.19. The van der Waals surface area contributed by atoms with Crippen LogP contribution in [0.3, 0.4) is 0 Å². The average molecular weight is 226 g/mol. The number of nitrogens with zero attached hydrogens (tertiary/aromatic N) is 1. The fourth-order valence-corrected chi connectivity index (χ4v) is 2.49. The molecule has 0 aromatic carbocycles. The Hall–Kier alpha value is -0.0800. The van der Waals surface area contributed by atoms with Gasteiger partial charge >= 0.3 is 0 Å². The molecule has 1 rings (SSSR count). The van der Waals surface area contributed by atoms with Crippen LogP contribution in [0.1, 0.15) is 52.4 Å². The molecule has 1 heterocycles. The van der Waals surface area contributed by atoms with Crippen LogP contribution >= 0.6 is 0 Å². The Balaban J connectivity index is 1.95. The van der Waals surface area contributed by atoms with Crippen molar-refractivity contribution in [1.29, 1.82) is 0 Å². The summed E-state index contributed by atoms with van der Waals surface area (Å²) in [6, 6.07) is 0. The molecule has 1 unspecified atom stereocenters. The van der Waals surface area contributed by atoms with Gasteiger partial charge in [-0.3, -0.25) is 0 Å². The van der Waals surface area contributed by atoms with Gasteiger partial charge in [-0.1, -0.05) is 20.3 Å². The molecule has 0 aliphatic carbocycles. The van der Waals surface area contributed by atoms with E-state index in [-0.39, 0.29) is 0 Å². The van der Waals surface area contributed by atoms with Crippen molar-refractivity contribution >= 4 is 0 Å². The molecule has 16 heavy (non-hydrogen) atoms. The largest absolute Gasteiger partial charge is 0.317 e. The molecule has 1 saturated heterocycles. The van der Waals surface area contributed by atoms with E-state index in [0.29, 0.717) is 0 Å². The van der Waals surface area contributed by atoms with Crippen LogP contribution in [0.5, 0.6) is 0 Å². The summed E-state index contributed by atoms with van der Waals surface area (Å²) in [7, 11) is 0. The highest BCUT2D eigenvalue weighted by molar-refractivity contribution is 4.67. The molecule has 2 heteroatoms. The van der Waals surface area contributed by atoms with Crippen molar-refractivity contribution in [1.82, 2.24) is 10.2 Å². The summed E-state index contributed by atoms with van der Waals surface area (Å²) in [5.41, 5.74) is 0. The first-order valence-corrected chi connectivity index (χ1v) is 7.26. The SMILES string of the molecule is CCNCCCCCN1CCCC(C)CC1. The minimum Gasteiger partial charge on any atom is -0.317 e. The first kappa shape index (κ1) is 14.0. The first-order valence-electron chi connectivity index (χ1n) is 7.26. The van der Waals surface area contributed by atoms with Crippen molar-refractivity contribution in [3.63, 3.8) is 0 Å². The summed E-state index contributed by atoms with van der Waals surface area (Å²) in [5.74, 6) is 0.957. The molecule has 0 amide bonds. The summed E-state index contributed by atoms with van der Waals surface area (Å²) in [4.78, 5) is 2.68. The Morgan fingerprint density at radius 2 is 2.00 bits per heavy atom. The maximum atomic E-state index is 3.39. The van der Waals surface area contributed by atoms with Crippen molar-refractivity contribution in [2.45, 2.75) is 52.4 Å². The van der Waals surface area contributed by atoms with Gasteiger partial charge in [-0.05, 0) is 70.7 Å². The number of hydrogen-bond donors (Lipinski definition) is 1. The lowest BCUT2D eigenvalue weighted by atomic mass is 10.0. The summed E-state index contributed by atoms with van der Waals surface area (Å²) < 4.78 is 0. The van der Waals surface area contributed by atoms with Crippen LogP contribution < -0.4 is 5.32 Å². The normalized spacial score (nSPS) is 23.2. The van der Waals surface area contributed by atoms with E-state index in [9.17, 15) is 0 Å². The Morgan fingerprint density at radius 1 is 1.12 bits per heavy atom. The molecule has 1 aliphatic heterocycles. The monoisotopic (exact) mass is 226 g/mol. The summed E-state index contributed by atoms with van der Waals surface area (Å²) >= 11 is 0. The topological polar surface area (TPSA) is 15.3 Å². The van der Waals surface area contributed by atoms with Gasteiger partial charge in [0.05, 0.1) is 0 Å². The molecule has 0 bridgehead atoms. The van der Waals surface area contributed by atoms with Gasteiger partial charge in [0.15, 0.2) is 0 Å². The van der Waals surface area contributed by atoms with Crippen molar-refractivity contribution in [3.8, 4) is 0 Å². The average Bonchev–Trinajstić information content (AvgIpc) is 2.49. The van der Waals surface area contributed by atoms with Crippen LogP contribution in [0.15, 0.2) is 0 Å². The fourth-order valence-electron chi connectivity index (χ4n) is 2.49. The van der Waals surface area contributed by atoms with E-state index in [1.165, 1.54) is 64.7 Å². The van der Waals surface area contributed by atoms with E-state index < -0.39 is 0 Å². The second-order valence-corrected chi connectivity index (χ2v) is 5.29. The third-order valence-corrected chi connectivity index (χ3v) is 3.69. The standard InChI is InChI=1S/C14H30N2/c1-3-15-10-5-4-6-11-16-12-7-8-14(2)9-13-16/h14-15H,3-13H2,1-2H3. The summed E-state index contributed by atoms with van der Waals surface area (Å²) in [6.07, 6.45) is 8.39. The molecular weight excluding hydrogens is 196 g/mol. The van der Waals surface area contributed by atoms with E-state index in [1.807, 2.05) is 0 Å². The van der Waals surface area contributed by atoms with Gasteiger partial charge in [-0.15, -0.1) is 0 Å². The van der Waals surface area contributed by atoms with Gasteiger partial charge in [0.2, 0.25) is 0 Å². The van der Waals surface area contributed by atoms with Crippen LogP contribution in [0.4, 0.5) is 0 Å². The number of hydrogen-bond acceptors (Lipinski definition) is 2. The molecule has 1 fully saturated rings. The second kappa shape index (κ2) is 9.00. The first-order chi connectivity index (χ1) is 7.83. The minimum atomic E-state index is 0.957. The predicted molar refractivity (Wildman–Crippen MR) is 71.8 cm³/mol. The maximum absolute atomic E-state index is 3.39. The van der Waals surface area contributed by atoms with Crippen LogP contribution in [0.25, 0.3) is 0 Å². The zero-order valence-electron chi connectivity index (χ0n) is 11.3. The lowest BCUT2D eigenvalue weighted by Crippen LogP contribution is -2.26. The molecule has 2 nitrogen and oxygen atoms in total. The maximum Gasteiger partial charge on any atom is -0.00162 e. The molecule has 1 N–H and O–H groups in total. The molecule has 96 valence electrons. The fraction of sp³-hybridized carbons (Fsp3) is 1.00. The van der Waals surface area contributed by atoms with Gasteiger partial charge in [0.25, 0.3) is 0 Å². The highest BCUT2D eigenvalue weighted by Crippen LogP contribution is 2.16. The number of likely N-dealkylation sites (tertiary alicyclic amines) is 1. The Bertz CT molecular complexity index is 159. The number of nitrogens with one attached hydrogen (secondary N) is 1.